The number of fused-ring (bicyclic) bond motifs is 2. The second-order valence-corrected chi connectivity index (χ2v) is 10.6. The fourth-order valence-electron chi connectivity index (χ4n) is 3.95. The molecule has 0 radical (unpaired) electrons. The third kappa shape index (κ3) is 5.43. The Bertz CT molecular complexity index is 1430. The van der Waals surface area contributed by atoms with Crippen LogP contribution in [0.3, 0.4) is 0 Å². The van der Waals surface area contributed by atoms with E-state index in [-0.39, 0.29) is 11.4 Å². The second kappa shape index (κ2) is 9.77. The van der Waals surface area contributed by atoms with Gasteiger partial charge in [-0.15, -0.1) is 0 Å². The molecule has 0 saturated heterocycles. The van der Waals surface area contributed by atoms with E-state index in [1.165, 1.54) is 0 Å². The van der Waals surface area contributed by atoms with Crippen molar-refractivity contribution in [1.82, 2.24) is 0 Å². The first-order valence-electron chi connectivity index (χ1n) is 12.5. The van der Waals surface area contributed by atoms with Crippen LogP contribution in [0.25, 0.3) is 21.5 Å². The highest BCUT2D eigenvalue weighted by molar-refractivity contribution is 6.02. The fraction of sp³-hybridized carbons (Fsp3) is 0.312. The van der Waals surface area contributed by atoms with E-state index >= 15 is 0 Å². The lowest BCUT2D eigenvalue weighted by Crippen LogP contribution is -2.26. The molecule has 0 amide bonds. The molecular formula is C32H34O4. The van der Waals surface area contributed by atoms with Crippen LogP contribution in [0.2, 0.25) is 0 Å². The Labute approximate surface area is 213 Å². The second-order valence-electron chi connectivity index (χ2n) is 10.6. The summed E-state index contributed by atoms with van der Waals surface area (Å²) in [5, 5.41) is 4.22. The van der Waals surface area contributed by atoms with E-state index < -0.39 is 11.4 Å². The first kappa shape index (κ1) is 25.4. The van der Waals surface area contributed by atoms with Crippen molar-refractivity contribution in [1.29, 1.82) is 0 Å². The number of esters is 1. The lowest BCUT2D eigenvalue weighted by atomic mass is 9.82. The minimum atomic E-state index is -0.457. The van der Waals surface area contributed by atoms with Gasteiger partial charge in [0.1, 0.15) is 17.1 Å². The van der Waals surface area contributed by atoms with E-state index in [9.17, 15) is 9.59 Å². The van der Waals surface area contributed by atoms with E-state index in [1.54, 1.807) is 30.3 Å². The van der Waals surface area contributed by atoms with Crippen molar-refractivity contribution in [2.24, 2.45) is 5.41 Å². The summed E-state index contributed by atoms with van der Waals surface area (Å²) in [4.78, 5) is 25.4. The molecule has 0 spiro atoms. The zero-order chi connectivity index (χ0) is 26.1. The first-order valence-corrected chi connectivity index (χ1v) is 12.5. The molecule has 0 fully saturated rings. The van der Waals surface area contributed by atoms with Crippen LogP contribution in [0.4, 0.5) is 0 Å². The molecule has 0 aliphatic rings. The summed E-state index contributed by atoms with van der Waals surface area (Å²) < 4.78 is 11.8. The van der Waals surface area contributed by atoms with Crippen LogP contribution < -0.4 is 9.47 Å². The molecule has 4 heteroatoms. The molecule has 0 heterocycles. The number of carbonyl (C=O) groups excluding carboxylic acids is 2. The minimum absolute atomic E-state index is 0.0680. The van der Waals surface area contributed by atoms with Gasteiger partial charge in [0, 0.05) is 11.0 Å². The van der Waals surface area contributed by atoms with Gasteiger partial charge in [-0.25, -0.2) is 4.79 Å². The first-order chi connectivity index (χ1) is 17.0. The zero-order valence-corrected chi connectivity index (χ0v) is 22.0. The average molecular weight is 483 g/mol. The molecule has 0 N–H and O–H groups in total. The fourth-order valence-corrected chi connectivity index (χ4v) is 3.95. The summed E-state index contributed by atoms with van der Waals surface area (Å²) in [6.45, 7) is 12.1. The summed E-state index contributed by atoms with van der Waals surface area (Å²) in [6.07, 6.45) is 1.66. The standard InChI is InChI=1S/C32H34O4/c1-7-31(3,4)29(33)21-9-11-22(12-10-21)30(34)35-27-15-13-23-17-24-14-16-28(36-32(5,6)8-2)20-26(24)18-25(23)19-27/h9-20H,7-8H2,1-6H3. The lowest BCUT2D eigenvalue weighted by Gasteiger charge is -2.25. The van der Waals surface area contributed by atoms with Gasteiger partial charge in [-0.05, 0) is 96.8 Å². The third-order valence-electron chi connectivity index (χ3n) is 7.08. The monoisotopic (exact) mass is 482 g/mol. The van der Waals surface area contributed by atoms with Gasteiger partial charge in [-0.1, -0.05) is 52.0 Å². The van der Waals surface area contributed by atoms with Crippen LogP contribution >= 0.6 is 0 Å². The third-order valence-corrected chi connectivity index (χ3v) is 7.08. The summed E-state index contributed by atoms with van der Waals surface area (Å²) >= 11 is 0. The van der Waals surface area contributed by atoms with E-state index in [4.69, 9.17) is 9.47 Å². The molecule has 0 atom stereocenters. The molecule has 0 bridgehead atoms. The number of carbonyl (C=O) groups is 2. The van der Waals surface area contributed by atoms with Gasteiger partial charge in [0.05, 0.1) is 5.56 Å². The molecule has 4 rings (SSSR count). The van der Waals surface area contributed by atoms with Gasteiger partial charge < -0.3 is 9.47 Å². The molecule has 0 saturated carbocycles. The van der Waals surface area contributed by atoms with Crippen LogP contribution in [-0.2, 0) is 0 Å². The van der Waals surface area contributed by atoms with E-state index in [1.807, 2.05) is 45.0 Å². The summed E-state index contributed by atoms with van der Waals surface area (Å²) in [7, 11) is 0. The molecule has 186 valence electrons. The van der Waals surface area contributed by atoms with Crippen molar-refractivity contribution in [2.45, 2.75) is 60.0 Å². The Hall–Kier alpha value is -3.66. The Kier molecular flexibility index (Phi) is 6.90. The lowest BCUT2D eigenvalue weighted by molar-refractivity contribution is 0.0733. The number of hydrogen-bond acceptors (Lipinski definition) is 4. The zero-order valence-electron chi connectivity index (χ0n) is 22.0. The SMILES string of the molecule is CCC(C)(C)Oc1ccc2cc3ccc(OC(=O)c4ccc(C(=O)C(C)(C)CC)cc4)cc3cc2c1. The van der Waals surface area contributed by atoms with E-state index in [0.29, 0.717) is 16.9 Å². The van der Waals surface area contributed by atoms with Crippen molar-refractivity contribution >= 4 is 33.3 Å². The van der Waals surface area contributed by atoms with Gasteiger partial charge in [0.15, 0.2) is 5.78 Å². The van der Waals surface area contributed by atoms with Gasteiger partial charge in [0.2, 0.25) is 0 Å². The molecule has 0 aliphatic heterocycles. The number of hydrogen-bond donors (Lipinski definition) is 0. The Morgan fingerprint density at radius 2 is 1.17 bits per heavy atom. The predicted octanol–water partition coefficient (Wildman–Crippen LogP) is 8.40. The highest BCUT2D eigenvalue weighted by atomic mass is 16.5. The highest BCUT2D eigenvalue weighted by Crippen LogP contribution is 2.31. The number of benzene rings is 4. The van der Waals surface area contributed by atoms with Gasteiger partial charge >= 0.3 is 5.97 Å². The van der Waals surface area contributed by atoms with Crippen molar-refractivity contribution in [2.75, 3.05) is 0 Å². The van der Waals surface area contributed by atoms with Gasteiger partial charge in [0.25, 0.3) is 0 Å². The quantitative estimate of drug-likeness (QED) is 0.109. The van der Waals surface area contributed by atoms with Crippen LogP contribution in [0.15, 0.2) is 72.8 Å². The maximum Gasteiger partial charge on any atom is 0.343 e. The van der Waals surface area contributed by atoms with Gasteiger partial charge in [-0.3, -0.25) is 4.79 Å². The highest BCUT2D eigenvalue weighted by Gasteiger charge is 2.26. The van der Waals surface area contributed by atoms with E-state index in [0.717, 1.165) is 40.1 Å². The molecule has 4 nitrogen and oxygen atoms in total. The number of ketones is 1. The molecule has 0 unspecified atom stereocenters. The Balaban J connectivity index is 1.55. The summed E-state index contributed by atoms with van der Waals surface area (Å²) in [5.41, 5.74) is 0.335. The smallest absolute Gasteiger partial charge is 0.343 e. The van der Waals surface area contributed by atoms with Crippen molar-refractivity contribution < 1.29 is 19.1 Å². The molecule has 36 heavy (non-hydrogen) atoms. The average Bonchev–Trinajstić information content (AvgIpc) is 2.86. The van der Waals surface area contributed by atoms with Gasteiger partial charge in [-0.2, -0.15) is 0 Å². The number of Topliss-reactive ketones (excluding diaryl/α,β-unsaturated/α-hetero) is 1. The molecule has 0 aromatic heterocycles. The Morgan fingerprint density at radius 3 is 1.75 bits per heavy atom. The number of rotatable bonds is 8. The molecule has 4 aromatic carbocycles. The maximum absolute atomic E-state index is 12.8. The molecule has 0 aliphatic carbocycles. The topological polar surface area (TPSA) is 52.6 Å². The number of ether oxygens (including phenoxy) is 2. The van der Waals surface area contributed by atoms with Crippen molar-refractivity contribution in [3.63, 3.8) is 0 Å². The van der Waals surface area contributed by atoms with Crippen LogP contribution in [0.1, 0.15) is 75.1 Å². The Morgan fingerprint density at radius 1 is 0.639 bits per heavy atom. The predicted molar refractivity (Wildman–Crippen MR) is 146 cm³/mol. The summed E-state index contributed by atoms with van der Waals surface area (Å²) in [5.74, 6) is 0.916. The van der Waals surface area contributed by atoms with E-state index in [2.05, 4.69) is 39.0 Å². The normalized spacial score (nSPS) is 12.1. The summed E-state index contributed by atoms with van der Waals surface area (Å²) in [6, 6.07) is 22.7. The van der Waals surface area contributed by atoms with Crippen LogP contribution in [-0.4, -0.2) is 17.4 Å². The van der Waals surface area contributed by atoms with Crippen molar-refractivity contribution in [3.8, 4) is 11.5 Å². The van der Waals surface area contributed by atoms with Crippen molar-refractivity contribution in [3.05, 3.63) is 83.9 Å². The maximum atomic E-state index is 12.8. The minimum Gasteiger partial charge on any atom is -0.488 e. The largest absolute Gasteiger partial charge is 0.488 e. The molecular weight excluding hydrogens is 448 g/mol. The van der Waals surface area contributed by atoms with Crippen LogP contribution in [0, 0.1) is 5.41 Å². The molecule has 4 aromatic rings. The van der Waals surface area contributed by atoms with Crippen LogP contribution in [0.5, 0.6) is 11.5 Å².